The molecule has 1 aromatic carbocycles. The first-order valence-electron chi connectivity index (χ1n) is 7.62. The van der Waals surface area contributed by atoms with Crippen LogP contribution < -0.4 is 16.2 Å². The number of carbonyl (C=O) groups excluding carboxylic acids is 2. The number of nitrogens with one attached hydrogen (secondary N) is 3. The minimum atomic E-state index is -0.597. The zero-order valence-corrected chi connectivity index (χ0v) is 14.5. The molecule has 0 spiro atoms. The van der Waals surface area contributed by atoms with Gasteiger partial charge in [-0.15, -0.1) is 0 Å². The summed E-state index contributed by atoms with van der Waals surface area (Å²) in [6.45, 7) is 1.87. The van der Waals surface area contributed by atoms with Crippen molar-refractivity contribution in [3.63, 3.8) is 0 Å². The maximum absolute atomic E-state index is 12.1. The minimum Gasteiger partial charge on any atom is -0.307 e. The molecule has 0 saturated heterocycles. The Bertz CT molecular complexity index is 938. The van der Waals surface area contributed by atoms with E-state index in [4.69, 9.17) is 11.6 Å². The van der Waals surface area contributed by atoms with Crippen molar-refractivity contribution in [2.24, 2.45) is 0 Å². The second kappa shape index (κ2) is 7.66. The predicted octanol–water partition coefficient (Wildman–Crippen LogP) is 2.70. The molecule has 0 unspecified atom stereocenters. The molecule has 0 atom stereocenters. The number of halogens is 1. The van der Waals surface area contributed by atoms with Crippen LogP contribution in [-0.4, -0.2) is 26.5 Å². The number of pyridine rings is 1. The highest BCUT2D eigenvalue weighted by atomic mass is 35.5. The average molecular weight is 371 g/mol. The van der Waals surface area contributed by atoms with Crippen molar-refractivity contribution in [2.45, 2.75) is 6.92 Å². The Morgan fingerprint density at radius 2 is 1.85 bits per heavy atom. The number of aryl methyl sites for hydroxylation is 1. The average Bonchev–Trinajstić information content (AvgIpc) is 3.12. The fourth-order valence-electron chi connectivity index (χ4n) is 2.11. The number of anilines is 1. The smallest absolute Gasteiger partial charge is 0.307 e. The number of rotatable bonds is 3. The summed E-state index contributed by atoms with van der Waals surface area (Å²) >= 11 is 5.77. The van der Waals surface area contributed by atoms with Crippen LogP contribution in [0.1, 0.15) is 16.2 Å². The zero-order chi connectivity index (χ0) is 18.5. The van der Waals surface area contributed by atoms with E-state index in [9.17, 15) is 9.59 Å². The summed E-state index contributed by atoms with van der Waals surface area (Å²) < 4.78 is 1.62. The molecule has 9 heteroatoms. The molecule has 0 aliphatic carbocycles. The molecule has 0 fully saturated rings. The SMILES string of the molecule is Cc1cccc(-n2cnc(C(=O)NNC(=O)Nc3ccc(Cl)cc3)c2)n1. The summed E-state index contributed by atoms with van der Waals surface area (Å²) in [6, 6.07) is 11.5. The largest absolute Gasteiger partial charge is 0.337 e. The first-order valence-corrected chi connectivity index (χ1v) is 8.00. The second-order valence-corrected chi connectivity index (χ2v) is 5.78. The molecule has 0 radical (unpaired) electrons. The molecule has 3 aromatic rings. The standard InChI is InChI=1S/C17H15ClN6O2/c1-11-3-2-4-15(20-11)24-9-14(19-10-24)16(25)22-23-17(26)21-13-7-5-12(18)6-8-13/h2-10H,1H3,(H,22,25)(H2,21,23,26). The lowest BCUT2D eigenvalue weighted by molar-refractivity contribution is 0.0933. The van der Waals surface area contributed by atoms with Gasteiger partial charge in [0, 0.05) is 22.6 Å². The molecule has 3 N–H and O–H groups in total. The Hall–Kier alpha value is -3.39. The van der Waals surface area contributed by atoms with E-state index >= 15 is 0 Å². The van der Waals surface area contributed by atoms with Gasteiger partial charge in [-0.2, -0.15) is 0 Å². The van der Waals surface area contributed by atoms with Crippen LogP contribution in [-0.2, 0) is 0 Å². The van der Waals surface area contributed by atoms with Crippen LogP contribution in [0.5, 0.6) is 0 Å². The lowest BCUT2D eigenvalue weighted by atomic mass is 10.3. The Morgan fingerprint density at radius 1 is 1.08 bits per heavy atom. The maximum atomic E-state index is 12.1. The normalized spacial score (nSPS) is 10.2. The predicted molar refractivity (Wildman–Crippen MR) is 97.2 cm³/mol. The first-order chi connectivity index (χ1) is 12.5. The third-order valence-electron chi connectivity index (χ3n) is 3.35. The van der Waals surface area contributed by atoms with Crippen LogP contribution in [0, 0.1) is 6.92 Å². The molecule has 0 saturated carbocycles. The van der Waals surface area contributed by atoms with Gasteiger partial charge in [0.25, 0.3) is 5.91 Å². The van der Waals surface area contributed by atoms with Crippen molar-refractivity contribution < 1.29 is 9.59 Å². The quantitative estimate of drug-likeness (QED) is 0.617. The molecule has 2 aromatic heterocycles. The molecule has 0 aliphatic heterocycles. The number of urea groups is 1. The topological polar surface area (TPSA) is 101 Å². The van der Waals surface area contributed by atoms with E-state index < -0.39 is 11.9 Å². The summed E-state index contributed by atoms with van der Waals surface area (Å²) in [6.07, 6.45) is 3.00. The Balaban J connectivity index is 1.57. The van der Waals surface area contributed by atoms with E-state index in [0.717, 1.165) is 5.69 Å². The van der Waals surface area contributed by atoms with Crippen molar-refractivity contribution >= 4 is 29.2 Å². The van der Waals surface area contributed by atoms with Crippen molar-refractivity contribution in [1.29, 1.82) is 0 Å². The van der Waals surface area contributed by atoms with Crippen LogP contribution in [0.15, 0.2) is 55.0 Å². The Kier molecular flexibility index (Phi) is 5.14. The van der Waals surface area contributed by atoms with Crippen LogP contribution in [0.3, 0.4) is 0 Å². The molecule has 0 bridgehead atoms. The number of hydrogen-bond donors (Lipinski definition) is 3. The van der Waals surface area contributed by atoms with Gasteiger partial charge in [-0.05, 0) is 43.3 Å². The lowest BCUT2D eigenvalue weighted by Crippen LogP contribution is -2.44. The summed E-state index contributed by atoms with van der Waals surface area (Å²) in [7, 11) is 0. The van der Waals surface area contributed by atoms with Crippen molar-refractivity contribution in [3.05, 3.63) is 71.4 Å². The number of nitrogens with zero attached hydrogens (tertiary/aromatic N) is 3. The summed E-state index contributed by atoms with van der Waals surface area (Å²) in [4.78, 5) is 32.2. The molecule has 132 valence electrons. The van der Waals surface area contributed by atoms with Gasteiger partial charge in [0.05, 0.1) is 0 Å². The second-order valence-electron chi connectivity index (χ2n) is 5.34. The Labute approximate surface area is 154 Å². The highest BCUT2D eigenvalue weighted by Gasteiger charge is 2.11. The van der Waals surface area contributed by atoms with Crippen LogP contribution in [0.2, 0.25) is 5.02 Å². The van der Waals surface area contributed by atoms with Crippen molar-refractivity contribution in [1.82, 2.24) is 25.4 Å². The lowest BCUT2D eigenvalue weighted by Gasteiger charge is -2.08. The number of aromatic nitrogens is 3. The number of hydrazine groups is 1. The van der Waals surface area contributed by atoms with E-state index in [1.807, 2.05) is 19.1 Å². The van der Waals surface area contributed by atoms with Gasteiger partial charge >= 0.3 is 6.03 Å². The van der Waals surface area contributed by atoms with Gasteiger partial charge in [0.2, 0.25) is 0 Å². The molecular formula is C17H15ClN6O2. The van der Waals surface area contributed by atoms with E-state index in [0.29, 0.717) is 16.5 Å². The molecular weight excluding hydrogens is 356 g/mol. The molecule has 0 aliphatic rings. The van der Waals surface area contributed by atoms with Gasteiger partial charge in [0.1, 0.15) is 17.8 Å². The first kappa shape index (κ1) is 17.4. The third kappa shape index (κ3) is 4.37. The number of hydrogen-bond acceptors (Lipinski definition) is 4. The van der Waals surface area contributed by atoms with E-state index in [-0.39, 0.29) is 5.69 Å². The van der Waals surface area contributed by atoms with Crippen molar-refractivity contribution in [2.75, 3.05) is 5.32 Å². The third-order valence-corrected chi connectivity index (χ3v) is 3.60. The van der Waals surface area contributed by atoms with Crippen LogP contribution in [0.25, 0.3) is 5.82 Å². The van der Waals surface area contributed by atoms with Gasteiger partial charge in [-0.25, -0.2) is 20.2 Å². The fourth-order valence-corrected chi connectivity index (χ4v) is 2.24. The highest BCUT2D eigenvalue weighted by molar-refractivity contribution is 6.30. The fraction of sp³-hybridized carbons (Fsp3) is 0.0588. The van der Waals surface area contributed by atoms with E-state index in [2.05, 4.69) is 26.1 Å². The zero-order valence-electron chi connectivity index (χ0n) is 13.7. The summed E-state index contributed by atoms with van der Waals surface area (Å²) in [5.74, 6) is 0.0904. The van der Waals surface area contributed by atoms with Gasteiger partial charge in [0.15, 0.2) is 0 Å². The van der Waals surface area contributed by atoms with Gasteiger partial charge < -0.3 is 5.32 Å². The van der Waals surface area contributed by atoms with Gasteiger partial charge in [-0.1, -0.05) is 17.7 Å². The van der Waals surface area contributed by atoms with E-state index in [1.54, 1.807) is 34.9 Å². The summed E-state index contributed by atoms with van der Waals surface area (Å²) in [5.41, 5.74) is 6.06. The number of amides is 3. The van der Waals surface area contributed by atoms with Crippen molar-refractivity contribution in [3.8, 4) is 5.82 Å². The number of carbonyl (C=O) groups is 2. The Morgan fingerprint density at radius 3 is 2.58 bits per heavy atom. The van der Waals surface area contributed by atoms with Crippen LogP contribution in [0.4, 0.5) is 10.5 Å². The summed E-state index contributed by atoms with van der Waals surface area (Å²) in [5, 5.41) is 3.11. The molecule has 3 amide bonds. The van der Waals surface area contributed by atoms with E-state index in [1.165, 1.54) is 12.5 Å². The molecule has 8 nitrogen and oxygen atoms in total. The number of benzene rings is 1. The molecule has 26 heavy (non-hydrogen) atoms. The molecule has 3 rings (SSSR count). The molecule has 2 heterocycles. The van der Waals surface area contributed by atoms with Crippen LogP contribution >= 0.6 is 11.6 Å². The maximum Gasteiger partial charge on any atom is 0.337 e. The van der Waals surface area contributed by atoms with Gasteiger partial charge in [-0.3, -0.25) is 14.8 Å². The number of imidazole rings is 1. The monoisotopic (exact) mass is 370 g/mol. The highest BCUT2D eigenvalue weighted by Crippen LogP contribution is 2.13. The minimum absolute atomic E-state index is 0.139.